The number of esters is 1. The van der Waals surface area contributed by atoms with Crippen molar-refractivity contribution in [3.8, 4) is 5.75 Å². The molecule has 3 aromatic rings. The largest absolute Gasteiger partial charge is 0.494 e. The number of para-hydroxylation sites is 1. The molecule has 0 saturated heterocycles. The van der Waals surface area contributed by atoms with Gasteiger partial charge in [0.15, 0.2) is 18.1 Å². The first-order chi connectivity index (χ1) is 12.6. The Bertz CT molecular complexity index is 917. The van der Waals surface area contributed by atoms with Gasteiger partial charge in [0.2, 0.25) is 0 Å². The molecule has 7 nitrogen and oxygen atoms in total. The van der Waals surface area contributed by atoms with Crippen LogP contribution in [0.1, 0.15) is 24.2 Å². The second-order valence-electron chi connectivity index (χ2n) is 5.50. The Balaban J connectivity index is 1.63. The molecule has 1 unspecified atom stereocenters. The van der Waals surface area contributed by atoms with E-state index in [1.54, 1.807) is 42.5 Å². The summed E-state index contributed by atoms with van der Waals surface area (Å²) in [6.07, 6.45) is 0.278. The summed E-state index contributed by atoms with van der Waals surface area (Å²) in [4.78, 5) is 28.6. The van der Waals surface area contributed by atoms with Crippen LogP contribution in [0, 0.1) is 0 Å². The van der Waals surface area contributed by atoms with Crippen LogP contribution in [0.15, 0.2) is 53.3 Å². The highest BCUT2D eigenvalue weighted by atomic mass is 16.5. The van der Waals surface area contributed by atoms with E-state index in [0.29, 0.717) is 29.1 Å². The van der Waals surface area contributed by atoms with Crippen LogP contribution in [0.3, 0.4) is 0 Å². The fraction of sp³-hybridized carbons (Fsp3) is 0.211. The molecule has 0 fully saturated rings. The molecule has 1 N–H and O–H groups in total. The maximum absolute atomic E-state index is 12.3. The minimum absolute atomic E-state index is 0.247. The molecule has 0 aliphatic heterocycles. The van der Waals surface area contributed by atoms with Gasteiger partial charge in [-0.05, 0) is 50.2 Å². The van der Waals surface area contributed by atoms with Crippen LogP contribution >= 0.6 is 0 Å². The zero-order valence-electron chi connectivity index (χ0n) is 14.4. The fourth-order valence-electron chi connectivity index (χ4n) is 2.37. The molecule has 0 aliphatic rings. The second kappa shape index (κ2) is 7.69. The van der Waals surface area contributed by atoms with Gasteiger partial charge in [-0.3, -0.25) is 4.79 Å². The molecule has 26 heavy (non-hydrogen) atoms. The maximum atomic E-state index is 12.3. The van der Waals surface area contributed by atoms with Crippen molar-refractivity contribution in [1.29, 1.82) is 0 Å². The van der Waals surface area contributed by atoms with Crippen LogP contribution in [0.5, 0.6) is 5.75 Å². The highest BCUT2D eigenvalue weighted by Gasteiger charge is 2.21. The van der Waals surface area contributed by atoms with Crippen LogP contribution < -0.4 is 10.1 Å². The van der Waals surface area contributed by atoms with Crippen molar-refractivity contribution in [3.05, 3.63) is 54.4 Å². The molecular formula is C19H18N2O5. The normalized spacial score (nSPS) is 11.8. The summed E-state index contributed by atoms with van der Waals surface area (Å²) < 4.78 is 15.8. The number of fused-ring (bicyclic) bond motifs is 1. The molecule has 1 aromatic heterocycles. The lowest BCUT2D eigenvalue weighted by Crippen LogP contribution is -2.30. The molecule has 0 saturated carbocycles. The van der Waals surface area contributed by atoms with Crippen molar-refractivity contribution in [2.24, 2.45) is 0 Å². The van der Waals surface area contributed by atoms with E-state index in [9.17, 15) is 9.59 Å². The third-order valence-corrected chi connectivity index (χ3v) is 3.67. The number of benzene rings is 2. The Hall–Kier alpha value is -3.35. The smallest absolute Gasteiger partial charge is 0.341 e. The number of carbonyl (C=O) groups excluding carboxylic acids is 2. The van der Waals surface area contributed by atoms with Crippen molar-refractivity contribution in [2.75, 3.05) is 11.9 Å². The highest BCUT2D eigenvalue weighted by Crippen LogP contribution is 2.19. The number of nitrogens with zero attached hydrogens (tertiary/aromatic N) is 1. The number of amides is 1. The molecule has 3 rings (SSSR count). The lowest BCUT2D eigenvalue weighted by atomic mass is 10.2. The summed E-state index contributed by atoms with van der Waals surface area (Å²) in [6, 6.07) is 11.9. The quantitative estimate of drug-likeness (QED) is 0.682. The minimum atomic E-state index is -0.976. The number of ether oxygens (including phenoxy) is 2. The van der Waals surface area contributed by atoms with Gasteiger partial charge in [-0.1, -0.05) is 6.07 Å². The monoisotopic (exact) mass is 354 g/mol. The number of aromatic nitrogens is 1. The maximum Gasteiger partial charge on any atom is 0.341 e. The van der Waals surface area contributed by atoms with Gasteiger partial charge in [0.25, 0.3) is 5.91 Å². The molecule has 1 amide bonds. The van der Waals surface area contributed by atoms with Crippen LogP contribution in [0.25, 0.3) is 11.1 Å². The summed E-state index contributed by atoms with van der Waals surface area (Å²) in [5.41, 5.74) is 1.71. The van der Waals surface area contributed by atoms with E-state index in [2.05, 4.69) is 10.3 Å². The number of rotatable bonds is 6. The summed E-state index contributed by atoms with van der Waals surface area (Å²) in [5, 5.41) is 2.69. The lowest BCUT2D eigenvalue weighted by molar-refractivity contribution is -0.123. The molecule has 0 radical (unpaired) electrons. The van der Waals surface area contributed by atoms with E-state index < -0.39 is 18.0 Å². The summed E-state index contributed by atoms with van der Waals surface area (Å²) in [6.45, 7) is 3.97. The van der Waals surface area contributed by atoms with Crippen molar-refractivity contribution in [3.63, 3.8) is 0 Å². The van der Waals surface area contributed by atoms with E-state index in [1.165, 1.54) is 13.3 Å². The van der Waals surface area contributed by atoms with E-state index in [0.717, 1.165) is 0 Å². The van der Waals surface area contributed by atoms with Gasteiger partial charge in [0, 0.05) is 5.69 Å². The van der Waals surface area contributed by atoms with E-state index in [-0.39, 0.29) is 5.56 Å². The average molecular weight is 354 g/mol. The van der Waals surface area contributed by atoms with Gasteiger partial charge < -0.3 is 19.2 Å². The number of nitrogens with one attached hydrogen (secondary N) is 1. The number of anilines is 1. The Labute approximate surface area is 149 Å². The van der Waals surface area contributed by atoms with Crippen LogP contribution in [-0.2, 0) is 9.53 Å². The van der Waals surface area contributed by atoms with Gasteiger partial charge in [0.1, 0.15) is 11.3 Å². The van der Waals surface area contributed by atoms with Crippen LogP contribution in [0.2, 0.25) is 0 Å². The molecule has 7 heteroatoms. The Morgan fingerprint density at radius 3 is 2.69 bits per heavy atom. The zero-order valence-corrected chi connectivity index (χ0v) is 14.4. The number of carbonyl (C=O) groups is 2. The zero-order chi connectivity index (χ0) is 18.5. The summed E-state index contributed by atoms with van der Waals surface area (Å²) in [7, 11) is 0. The first-order valence-corrected chi connectivity index (χ1v) is 8.15. The predicted octanol–water partition coefficient (Wildman–Crippen LogP) is 3.41. The summed E-state index contributed by atoms with van der Waals surface area (Å²) in [5.74, 6) is -0.362. The number of hydrogen-bond acceptors (Lipinski definition) is 6. The van der Waals surface area contributed by atoms with Crippen molar-refractivity contribution in [2.45, 2.75) is 20.0 Å². The lowest BCUT2D eigenvalue weighted by Gasteiger charge is -2.14. The fourth-order valence-corrected chi connectivity index (χ4v) is 2.37. The van der Waals surface area contributed by atoms with Gasteiger partial charge in [-0.15, -0.1) is 0 Å². The average Bonchev–Trinajstić information content (AvgIpc) is 3.12. The standard InChI is InChI=1S/C19H18N2O5/c1-3-24-14-9-7-13(8-10-14)21-18(22)12(2)26-19(23)15-5-4-6-16-17(15)20-11-25-16/h4-12H,3H2,1-2H3,(H,21,22). The minimum Gasteiger partial charge on any atom is -0.494 e. The molecule has 2 aromatic carbocycles. The van der Waals surface area contributed by atoms with Crippen molar-refractivity contribution < 1.29 is 23.5 Å². The number of hydrogen-bond donors (Lipinski definition) is 1. The second-order valence-corrected chi connectivity index (χ2v) is 5.50. The van der Waals surface area contributed by atoms with Gasteiger partial charge in [-0.2, -0.15) is 0 Å². The predicted molar refractivity (Wildman–Crippen MR) is 95.1 cm³/mol. The number of oxazole rings is 1. The molecule has 0 spiro atoms. The van der Waals surface area contributed by atoms with Gasteiger partial charge >= 0.3 is 5.97 Å². The van der Waals surface area contributed by atoms with Crippen molar-refractivity contribution in [1.82, 2.24) is 4.98 Å². The van der Waals surface area contributed by atoms with Crippen LogP contribution in [0.4, 0.5) is 5.69 Å². The van der Waals surface area contributed by atoms with E-state index in [1.807, 2.05) is 6.92 Å². The topological polar surface area (TPSA) is 90.7 Å². The molecule has 1 atom stereocenters. The molecule has 1 heterocycles. The first kappa shape index (κ1) is 17.5. The Kier molecular flexibility index (Phi) is 5.17. The first-order valence-electron chi connectivity index (χ1n) is 8.15. The van der Waals surface area contributed by atoms with Gasteiger partial charge in [-0.25, -0.2) is 9.78 Å². The SMILES string of the molecule is CCOc1ccc(NC(=O)C(C)OC(=O)c2cccc3ocnc23)cc1. The van der Waals surface area contributed by atoms with Gasteiger partial charge in [0.05, 0.1) is 12.2 Å². The molecule has 0 bridgehead atoms. The third-order valence-electron chi connectivity index (χ3n) is 3.67. The van der Waals surface area contributed by atoms with Crippen LogP contribution in [-0.4, -0.2) is 29.6 Å². The van der Waals surface area contributed by atoms with Crippen molar-refractivity contribution >= 4 is 28.7 Å². The van der Waals surface area contributed by atoms with E-state index in [4.69, 9.17) is 13.9 Å². The molecule has 134 valence electrons. The third kappa shape index (κ3) is 3.83. The Morgan fingerprint density at radius 1 is 1.19 bits per heavy atom. The van der Waals surface area contributed by atoms with E-state index >= 15 is 0 Å². The molecular weight excluding hydrogens is 336 g/mol. The Morgan fingerprint density at radius 2 is 1.96 bits per heavy atom. The molecule has 0 aliphatic carbocycles. The highest BCUT2D eigenvalue weighted by molar-refractivity contribution is 6.03. The summed E-state index contributed by atoms with van der Waals surface area (Å²) >= 11 is 0.